The third-order valence-corrected chi connectivity index (χ3v) is 9.81. The van der Waals surface area contributed by atoms with Crippen molar-refractivity contribution in [1.82, 2.24) is 0 Å². The average molecular weight is 401 g/mol. The van der Waals surface area contributed by atoms with Gasteiger partial charge >= 0.3 is 0 Å². The van der Waals surface area contributed by atoms with Crippen molar-refractivity contribution in [3.63, 3.8) is 0 Å². The quantitative estimate of drug-likeness (QED) is 0.581. The van der Waals surface area contributed by atoms with Crippen LogP contribution in [0, 0.1) is 28.6 Å². The second-order valence-electron chi connectivity index (χ2n) is 11.0. The first kappa shape index (κ1) is 19.0. The molecule has 160 valence electrons. The molecule has 2 saturated carbocycles. The minimum atomic E-state index is -0.492. The van der Waals surface area contributed by atoms with Gasteiger partial charge in [0.1, 0.15) is 0 Å². The van der Waals surface area contributed by atoms with Crippen LogP contribution in [0.5, 0.6) is 0 Å². The number of ether oxygens (including phenoxy) is 4. The van der Waals surface area contributed by atoms with Crippen molar-refractivity contribution in [3.8, 4) is 0 Å². The minimum Gasteiger partial charge on any atom is -0.344 e. The minimum absolute atomic E-state index is 0.228. The molecule has 4 aliphatic carbocycles. The van der Waals surface area contributed by atoms with Gasteiger partial charge in [0, 0.05) is 6.42 Å². The molecule has 6 rings (SSSR count). The highest BCUT2D eigenvalue weighted by atomic mass is 16.7. The van der Waals surface area contributed by atoms with E-state index in [9.17, 15) is 0 Å². The topological polar surface area (TPSA) is 36.9 Å². The van der Waals surface area contributed by atoms with Gasteiger partial charge < -0.3 is 18.9 Å². The Labute approximate surface area is 175 Å². The van der Waals surface area contributed by atoms with E-state index < -0.39 is 11.6 Å². The van der Waals surface area contributed by atoms with E-state index in [1.807, 2.05) is 0 Å². The lowest BCUT2D eigenvalue weighted by Crippen LogP contribution is -2.52. The number of hydrogen-bond acceptors (Lipinski definition) is 4. The van der Waals surface area contributed by atoms with Crippen molar-refractivity contribution < 1.29 is 18.9 Å². The van der Waals surface area contributed by atoms with Crippen molar-refractivity contribution in [3.05, 3.63) is 23.3 Å². The van der Waals surface area contributed by atoms with Crippen LogP contribution in [0.1, 0.15) is 65.7 Å². The van der Waals surface area contributed by atoms with E-state index in [2.05, 4.69) is 32.9 Å². The van der Waals surface area contributed by atoms with Gasteiger partial charge in [-0.1, -0.05) is 25.5 Å². The molecule has 0 amide bonds. The Kier molecular flexibility index (Phi) is 4.06. The van der Waals surface area contributed by atoms with Crippen molar-refractivity contribution in [1.29, 1.82) is 0 Å². The van der Waals surface area contributed by atoms with E-state index in [0.29, 0.717) is 5.41 Å². The zero-order valence-electron chi connectivity index (χ0n) is 18.3. The smallest absolute Gasteiger partial charge is 0.188 e. The number of fused-ring (bicyclic) bond motifs is 5. The summed E-state index contributed by atoms with van der Waals surface area (Å²) in [6.07, 6.45) is 13.4. The monoisotopic (exact) mass is 400 g/mol. The fourth-order valence-corrected chi connectivity index (χ4v) is 8.32. The molecule has 2 heterocycles. The van der Waals surface area contributed by atoms with Crippen LogP contribution in [0.3, 0.4) is 0 Å². The molecule has 0 radical (unpaired) electrons. The maximum Gasteiger partial charge on any atom is 0.188 e. The van der Waals surface area contributed by atoms with Crippen LogP contribution in [0.15, 0.2) is 23.3 Å². The molecule has 6 aliphatic rings. The molecule has 2 saturated heterocycles. The number of allylic oxidation sites excluding steroid dienone is 2. The van der Waals surface area contributed by atoms with Crippen LogP contribution in [-0.4, -0.2) is 38.0 Å². The Morgan fingerprint density at radius 3 is 2.28 bits per heavy atom. The predicted octanol–water partition coefficient (Wildman–Crippen LogP) is 4.99. The van der Waals surface area contributed by atoms with Gasteiger partial charge in [-0.15, -0.1) is 0 Å². The van der Waals surface area contributed by atoms with Crippen LogP contribution in [0.4, 0.5) is 0 Å². The van der Waals surface area contributed by atoms with Gasteiger partial charge in [0.2, 0.25) is 0 Å². The third kappa shape index (κ3) is 2.52. The van der Waals surface area contributed by atoms with Gasteiger partial charge in [-0.05, 0) is 85.7 Å². The summed E-state index contributed by atoms with van der Waals surface area (Å²) in [5.74, 6) is 1.42. The van der Waals surface area contributed by atoms with Crippen molar-refractivity contribution >= 4 is 0 Å². The van der Waals surface area contributed by atoms with Gasteiger partial charge in [-0.25, -0.2) is 0 Å². The van der Waals surface area contributed by atoms with Crippen LogP contribution in [0.2, 0.25) is 0 Å². The fourth-order valence-electron chi connectivity index (χ4n) is 8.32. The summed E-state index contributed by atoms with van der Waals surface area (Å²) < 4.78 is 24.3. The van der Waals surface area contributed by atoms with Crippen LogP contribution >= 0.6 is 0 Å². The molecule has 0 aromatic carbocycles. The first-order valence-electron chi connectivity index (χ1n) is 11.9. The molecule has 1 spiro atoms. The summed E-state index contributed by atoms with van der Waals surface area (Å²) in [7, 11) is 0. The lowest BCUT2D eigenvalue weighted by Gasteiger charge is -2.59. The van der Waals surface area contributed by atoms with Crippen molar-refractivity contribution in [2.75, 3.05) is 26.4 Å². The van der Waals surface area contributed by atoms with Gasteiger partial charge in [-0.2, -0.15) is 0 Å². The molecular weight excluding hydrogens is 364 g/mol. The summed E-state index contributed by atoms with van der Waals surface area (Å²) in [4.78, 5) is 0. The SMILES string of the molecule is CC1(C2=CC[C@H]3[C@@H]4CCC5=CC6(CC[C@]5(C)[C@H]4CC[C@]23C)OCCO6)OCCO1. The Morgan fingerprint density at radius 2 is 1.52 bits per heavy atom. The van der Waals surface area contributed by atoms with Gasteiger partial charge in [0.15, 0.2) is 11.6 Å². The largest absolute Gasteiger partial charge is 0.344 e. The number of hydrogen-bond donors (Lipinski definition) is 0. The highest BCUT2D eigenvalue weighted by molar-refractivity contribution is 5.33. The number of rotatable bonds is 1. The molecule has 5 atom stereocenters. The van der Waals surface area contributed by atoms with E-state index in [1.54, 1.807) is 5.57 Å². The van der Waals surface area contributed by atoms with Gasteiger partial charge in [0.25, 0.3) is 0 Å². The fraction of sp³-hybridized carbons (Fsp3) is 0.840. The summed E-state index contributed by atoms with van der Waals surface area (Å²) in [5, 5.41) is 0. The van der Waals surface area contributed by atoms with Gasteiger partial charge in [0.05, 0.1) is 26.4 Å². The van der Waals surface area contributed by atoms with E-state index in [0.717, 1.165) is 50.6 Å². The molecule has 2 aliphatic heterocycles. The molecule has 0 unspecified atom stereocenters. The molecule has 4 nitrogen and oxygen atoms in total. The molecule has 4 heteroatoms. The molecule has 0 aromatic heterocycles. The maximum atomic E-state index is 6.11. The highest BCUT2D eigenvalue weighted by Gasteiger charge is 2.61. The summed E-state index contributed by atoms with van der Waals surface area (Å²) in [5.41, 5.74) is 3.60. The summed E-state index contributed by atoms with van der Waals surface area (Å²) in [6.45, 7) is 10.1. The molecule has 0 aromatic rings. The van der Waals surface area contributed by atoms with Crippen LogP contribution in [0.25, 0.3) is 0 Å². The Hall–Kier alpha value is -0.680. The van der Waals surface area contributed by atoms with E-state index in [1.165, 1.54) is 44.1 Å². The Morgan fingerprint density at radius 1 is 0.793 bits per heavy atom. The summed E-state index contributed by atoms with van der Waals surface area (Å²) >= 11 is 0. The highest BCUT2D eigenvalue weighted by Crippen LogP contribution is 2.67. The van der Waals surface area contributed by atoms with Crippen molar-refractivity contribution in [2.24, 2.45) is 28.6 Å². The first-order chi connectivity index (χ1) is 13.9. The predicted molar refractivity (Wildman–Crippen MR) is 110 cm³/mol. The van der Waals surface area contributed by atoms with E-state index >= 15 is 0 Å². The molecule has 29 heavy (non-hydrogen) atoms. The Bertz CT molecular complexity index is 757. The summed E-state index contributed by atoms with van der Waals surface area (Å²) in [6, 6.07) is 0. The van der Waals surface area contributed by atoms with Crippen LogP contribution < -0.4 is 0 Å². The molecular formula is C25H36O4. The molecule has 0 bridgehead atoms. The lowest BCUT2D eigenvalue weighted by molar-refractivity contribution is -0.148. The third-order valence-electron chi connectivity index (χ3n) is 9.81. The second-order valence-corrected chi connectivity index (χ2v) is 11.0. The average Bonchev–Trinajstić information content (AvgIpc) is 3.42. The first-order valence-corrected chi connectivity index (χ1v) is 11.9. The van der Waals surface area contributed by atoms with Crippen molar-refractivity contribution in [2.45, 2.75) is 77.3 Å². The van der Waals surface area contributed by atoms with E-state index in [-0.39, 0.29) is 5.41 Å². The zero-order chi connectivity index (χ0) is 19.9. The molecule has 0 N–H and O–H groups in total. The van der Waals surface area contributed by atoms with E-state index in [4.69, 9.17) is 18.9 Å². The normalized spacial score (nSPS) is 47.3. The lowest BCUT2D eigenvalue weighted by atomic mass is 9.46. The Balaban J connectivity index is 1.29. The maximum absolute atomic E-state index is 6.11. The van der Waals surface area contributed by atoms with Crippen LogP contribution in [-0.2, 0) is 18.9 Å². The second kappa shape index (κ2) is 6.18. The molecule has 4 fully saturated rings. The van der Waals surface area contributed by atoms with Gasteiger partial charge in [-0.3, -0.25) is 0 Å². The zero-order valence-corrected chi connectivity index (χ0v) is 18.3. The standard InChI is InChI=1S/C25H36O4/c1-22-10-11-25(28-14-15-29-25)16-17(22)4-5-18-19-6-7-21(24(3)26-12-13-27-24)23(19,2)9-8-20(18)22/h7,16,18-20H,4-6,8-15H2,1-3H3/t18-,19-,20-,22-,23-/m0/s1.